The molecule has 52 valence electrons. The Balaban J connectivity index is 2.55. The molecule has 10 heavy (non-hydrogen) atoms. The van der Waals surface area contributed by atoms with E-state index in [1.54, 1.807) is 24.5 Å². The van der Waals surface area contributed by atoms with Gasteiger partial charge in [0.1, 0.15) is 5.76 Å². The molecule has 0 N–H and O–H groups in total. The van der Waals surface area contributed by atoms with E-state index in [0.29, 0.717) is 5.76 Å². The van der Waals surface area contributed by atoms with Gasteiger partial charge in [0.05, 0.1) is 6.26 Å². The van der Waals surface area contributed by atoms with Crippen molar-refractivity contribution in [3.05, 3.63) is 35.4 Å². The lowest BCUT2D eigenvalue weighted by Crippen LogP contribution is -1.61. The summed E-state index contributed by atoms with van der Waals surface area (Å²) in [5.74, 6) is 0.708. The Kier molecular flexibility index (Phi) is 2.31. The van der Waals surface area contributed by atoms with Gasteiger partial charge in [-0.05, 0) is 24.3 Å². The first-order valence-corrected chi connectivity index (χ1v) is 2.79. The number of hydrogen-bond donors (Lipinski definition) is 0. The first kappa shape index (κ1) is 6.61. The Morgan fingerprint density at radius 1 is 1.60 bits per heavy atom. The van der Waals surface area contributed by atoms with Crippen LogP contribution in [0, 0.1) is 5.21 Å². The van der Waals surface area contributed by atoms with Crippen molar-refractivity contribution in [3.63, 3.8) is 0 Å². The van der Waals surface area contributed by atoms with Crippen molar-refractivity contribution >= 4 is 12.3 Å². The fourth-order valence-corrected chi connectivity index (χ4v) is 0.559. The van der Waals surface area contributed by atoms with Gasteiger partial charge in [0.2, 0.25) is 0 Å². The third-order valence-corrected chi connectivity index (χ3v) is 0.951. The van der Waals surface area contributed by atoms with Gasteiger partial charge in [0, 0.05) is 6.21 Å². The predicted octanol–water partition coefficient (Wildman–Crippen LogP) is 1.86. The summed E-state index contributed by atoms with van der Waals surface area (Å²) in [4.78, 5) is 0. The minimum absolute atomic E-state index is 0.708. The van der Waals surface area contributed by atoms with Gasteiger partial charge in [-0.1, -0.05) is 0 Å². The van der Waals surface area contributed by atoms with Gasteiger partial charge in [0.15, 0.2) is 0 Å². The Morgan fingerprint density at radius 3 is 3.10 bits per heavy atom. The standard InChI is InChI=1S/C7H7NO2/c9-8-5-1-3-7-4-2-6-10-7/h1-6,9H/p-1/b3-1+,8-5-. The van der Waals surface area contributed by atoms with Gasteiger partial charge in [-0.2, -0.15) is 0 Å². The predicted molar refractivity (Wildman–Crippen MR) is 39.6 cm³/mol. The largest absolute Gasteiger partial charge is 0.792 e. The molecule has 0 saturated carbocycles. The van der Waals surface area contributed by atoms with Gasteiger partial charge in [0.25, 0.3) is 0 Å². The average Bonchev–Trinajstić information content (AvgIpc) is 2.41. The van der Waals surface area contributed by atoms with E-state index in [1.165, 1.54) is 6.08 Å². The minimum atomic E-state index is 0.708. The molecule has 1 rings (SSSR count). The normalized spacial score (nSPS) is 11.6. The molecule has 0 unspecified atom stereocenters. The Bertz CT molecular complexity index is 224. The lowest BCUT2D eigenvalue weighted by Gasteiger charge is -1.83. The van der Waals surface area contributed by atoms with Crippen molar-refractivity contribution in [1.29, 1.82) is 0 Å². The van der Waals surface area contributed by atoms with Crippen LogP contribution >= 0.6 is 0 Å². The minimum Gasteiger partial charge on any atom is -0.792 e. The zero-order valence-electron chi connectivity index (χ0n) is 5.23. The highest BCUT2D eigenvalue weighted by atomic mass is 16.4. The highest BCUT2D eigenvalue weighted by Crippen LogP contribution is 2.00. The molecule has 3 heteroatoms. The van der Waals surface area contributed by atoms with Crippen LogP contribution in [0.15, 0.2) is 34.0 Å². The molecule has 0 aromatic carbocycles. The molecule has 0 spiro atoms. The van der Waals surface area contributed by atoms with Crippen molar-refractivity contribution in [2.75, 3.05) is 0 Å². The lowest BCUT2D eigenvalue weighted by molar-refractivity contribution is 0.557. The van der Waals surface area contributed by atoms with Crippen LogP contribution in [-0.4, -0.2) is 6.21 Å². The summed E-state index contributed by atoms with van der Waals surface area (Å²) < 4.78 is 4.93. The second kappa shape index (κ2) is 3.50. The van der Waals surface area contributed by atoms with E-state index in [1.807, 2.05) is 0 Å². The number of nitrogens with zero attached hydrogens (tertiary/aromatic N) is 1. The van der Waals surface area contributed by atoms with Crippen molar-refractivity contribution in [2.24, 2.45) is 5.16 Å². The third kappa shape index (κ3) is 1.78. The van der Waals surface area contributed by atoms with Crippen LogP contribution in [0.4, 0.5) is 0 Å². The van der Waals surface area contributed by atoms with Gasteiger partial charge in [-0.3, -0.25) is 0 Å². The maximum atomic E-state index is 9.55. The summed E-state index contributed by atoms with van der Waals surface area (Å²) in [5.41, 5.74) is 0. The molecule has 0 aliphatic rings. The van der Waals surface area contributed by atoms with Crippen molar-refractivity contribution in [2.45, 2.75) is 0 Å². The molecule has 0 bridgehead atoms. The van der Waals surface area contributed by atoms with E-state index in [4.69, 9.17) is 4.42 Å². The molecular formula is C7H6NO2-. The molecule has 0 atom stereocenters. The van der Waals surface area contributed by atoms with Crippen molar-refractivity contribution < 1.29 is 4.42 Å². The summed E-state index contributed by atoms with van der Waals surface area (Å²) in [5, 5.41) is 12.1. The molecule has 0 amide bonds. The Morgan fingerprint density at radius 2 is 2.50 bits per heavy atom. The molecular weight excluding hydrogens is 130 g/mol. The molecule has 1 heterocycles. The van der Waals surface area contributed by atoms with Crippen LogP contribution in [0.3, 0.4) is 0 Å². The quantitative estimate of drug-likeness (QED) is 0.460. The molecule has 0 saturated heterocycles. The summed E-state index contributed by atoms with van der Waals surface area (Å²) in [6.07, 6.45) is 5.89. The maximum absolute atomic E-state index is 9.55. The summed E-state index contributed by atoms with van der Waals surface area (Å²) in [6, 6.07) is 3.56. The number of rotatable bonds is 2. The van der Waals surface area contributed by atoms with Gasteiger partial charge >= 0.3 is 0 Å². The monoisotopic (exact) mass is 136 g/mol. The van der Waals surface area contributed by atoms with Gasteiger partial charge < -0.3 is 14.8 Å². The van der Waals surface area contributed by atoms with Crippen LogP contribution < -0.4 is 0 Å². The zero-order chi connectivity index (χ0) is 7.23. The summed E-state index contributed by atoms with van der Waals surface area (Å²) in [7, 11) is 0. The van der Waals surface area contributed by atoms with Gasteiger partial charge in [-0.15, -0.1) is 0 Å². The molecule has 0 radical (unpaired) electrons. The SMILES string of the molecule is [O-]/N=C\C=C\c1ccco1. The zero-order valence-corrected chi connectivity index (χ0v) is 5.23. The van der Waals surface area contributed by atoms with E-state index >= 15 is 0 Å². The first-order chi connectivity index (χ1) is 4.93. The van der Waals surface area contributed by atoms with Crippen LogP contribution in [-0.2, 0) is 0 Å². The second-order valence-corrected chi connectivity index (χ2v) is 1.63. The number of furan rings is 1. The van der Waals surface area contributed by atoms with Crippen molar-refractivity contribution in [1.82, 2.24) is 0 Å². The topological polar surface area (TPSA) is 48.6 Å². The molecule has 1 aromatic heterocycles. The highest BCUT2D eigenvalue weighted by molar-refractivity contribution is 5.77. The number of allylic oxidation sites excluding steroid dienone is 1. The summed E-state index contributed by atoms with van der Waals surface area (Å²) >= 11 is 0. The average molecular weight is 136 g/mol. The first-order valence-electron chi connectivity index (χ1n) is 2.79. The third-order valence-electron chi connectivity index (χ3n) is 0.951. The molecule has 0 fully saturated rings. The molecule has 0 aliphatic carbocycles. The maximum Gasteiger partial charge on any atom is 0.126 e. The van der Waals surface area contributed by atoms with E-state index in [9.17, 15) is 5.21 Å². The van der Waals surface area contributed by atoms with E-state index in [-0.39, 0.29) is 0 Å². The van der Waals surface area contributed by atoms with Gasteiger partial charge in [-0.25, -0.2) is 0 Å². The van der Waals surface area contributed by atoms with E-state index < -0.39 is 0 Å². The Hall–Kier alpha value is -1.51. The molecule has 1 aromatic rings. The van der Waals surface area contributed by atoms with E-state index in [2.05, 4.69) is 5.16 Å². The second-order valence-electron chi connectivity index (χ2n) is 1.63. The number of hydrogen-bond acceptors (Lipinski definition) is 3. The van der Waals surface area contributed by atoms with Crippen molar-refractivity contribution in [3.8, 4) is 0 Å². The van der Waals surface area contributed by atoms with Crippen LogP contribution in [0.5, 0.6) is 0 Å². The van der Waals surface area contributed by atoms with Crippen LogP contribution in [0.2, 0.25) is 0 Å². The van der Waals surface area contributed by atoms with Crippen LogP contribution in [0.25, 0.3) is 6.08 Å². The smallest absolute Gasteiger partial charge is 0.126 e. The molecule has 0 aliphatic heterocycles. The Labute approximate surface area is 58.3 Å². The molecule has 3 nitrogen and oxygen atoms in total. The van der Waals surface area contributed by atoms with E-state index in [0.717, 1.165) is 6.21 Å². The summed E-state index contributed by atoms with van der Waals surface area (Å²) in [6.45, 7) is 0. The fraction of sp³-hybridized carbons (Fsp3) is 0. The van der Waals surface area contributed by atoms with Crippen LogP contribution in [0.1, 0.15) is 5.76 Å². The lowest BCUT2D eigenvalue weighted by atomic mass is 10.4. The highest BCUT2D eigenvalue weighted by Gasteiger charge is 1.82. The fourth-order valence-electron chi connectivity index (χ4n) is 0.559.